The van der Waals surface area contributed by atoms with Crippen molar-refractivity contribution in [3.05, 3.63) is 107 Å². The maximum absolute atomic E-state index is 12.9. The van der Waals surface area contributed by atoms with Crippen LogP contribution in [0.5, 0.6) is 11.5 Å². The van der Waals surface area contributed by atoms with Crippen LogP contribution < -0.4 is 14.8 Å². The molecule has 4 rings (SSSR count). The van der Waals surface area contributed by atoms with Crippen molar-refractivity contribution in [1.29, 1.82) is 5.26 Å². The zero-order valence-electron chi connectivity index (χ0n) is 19.6. The summed E-state index contributed by atoms with van der Waals surface area (Å²) in [6.07, 6.45) is 1.32. The molecule has 0 aliphatic heterocycles. The van der Waals surface area contributed by atoms with Crippen LogP contribution in [0.15, 0.2) is 90.5 Å². The van der Waals surface area contributed by atoms with Crippen molar-refractivity contribution in [1.82, 2.24) is 0 Å². The fourth-order valence-corrected chi connectivity index (χ4v) is 3.70. The van der Waals surface area contributed by atoms with E-state index in [0.717, 1.165) is 10.8 Å². The van der Waals surface area contributed by atoms with Crippen LogP contribution in [0.4, 0.5) is 5.69 Å². The van der Waals surface area contributed by atoms with E-state index in [-0.39, 0.29) is 28.3 Å². The van der Waals surface area contributed by atoms with E-state index in [1.807, 2.05) is 36.4 Å². The van der Waals surface area contributed by atoms with Crippen molar-refractivity contribution in [2.45, 2.75) is 0 Å². The lowest BCUT2D eigenvalue weighted by Gasteiger charge is -2.11. The third kappa shape index (κ3) is 5.47. The zero-order chi connectivity index (χ0) is 26.4. The molecule has 1 amide bonds. The van der Waals surface area contributed by atoms with Gasteiger partial charge in [0, 0.05) is 0 Å². The van der Waals surface area contributed by atoms with Gasteiger partial charge in [0.05, 0.1) is 23.9 Å². The maximum atomic E-state index is 12.9. The van der Waals surface area contributed by atoms with E-state index < -0.39 is 17.8 Å². The number of para-hydroxylation sites is 1. The van der Waals surface area contributed by atoms with E-state index in [4.69, 9.17) is 9.47 Å². The lowest BCUT2D eigenvalue weighted by molar-refractivity contribution is -0.112. The molecule has 0 aliphatic rings. The van der Waals surface area contributed by atoms with Gasteiger partial charge >= 0.3 is 11.9 Å². The fourth-order valence-electron chi connectivity index (χ4n) is 3.70. The highest BCUT2D eigenvalue weighted by Crippen LogP contribution is 2.31. The van der Waals surface area contributed by atoms with E-state index in [1.54, 1.807) is 24.3 Å². The molecule has 0 atom stereocenters. The minimum atomic E-state index is -1.21. The van der Waals surface area contributed by atoms with Crippen LogP contribution in [0, 0.1) is 11.3 Å². The Morgan fingerprint density at radius 2 is 1.59 bits per heavy atom. The predicted octanol–water partition coefficient (Wildman–Crippen LogP) is 5.31. The predicted molar refractivity (Wildman–Crippen MR) is 138 cm³/mol. The molecule has 8 heteroatoms. The summed E-state index contributed by atoms with van der Waals surface area (Å²) >= 11 is 0. The van der Waals surface area contributed by atoms with E-state index >= 15 is 0 Å². The lowest BCUT2D eigenvalue weighted by Crippen LogP contribution is -2.16. The molecule has 0 heterocycles. The molecule has 4 aromatic rings. The van der Waals surface area contributed by atoms with Crippen LogP contribution in [-0.2, 0) is 4.79 Å². The maximum Gasteiger partial charge on any atom is 0.344 e. The van der Waals surface area contributed by atoms with Gasteiger partial charge in [-0.1, -0.05) is 54.6 Å². The molecular weight excluding hydrogens is 472 g/mol. The van der Waals surface area contributed by atoms with Crippen molar-refractivity contribution in [3.8, 4) is 17.6 Å². The topological polar surface area (TPSA) is 126 Å². The van der Waals surface area contributed by atoms with Crippen molar-refractivity contribution in [2.24, 2.45) is 0 Å². The molecule has 0 aromatic heterocycles. The number of hydrogen-bond acceptors (Lipinski definition) is 6. The first kappa shape index (κ1) is 24.7. The minimum absolute atomic E-state index is 0.0643. The number of aromatic carboxylic acids is 1. The summed E-state index contributed by atoms with van der Waals surface area (Å²) < 4.78 is 11.0. The van der Waals surface area contributed by atoms with Crippen molar-refractivity contribution < 1.29 is 29.0 Å². The summed E-state index contributed by atoms with van der Waals surface area (Å²) in [6, 6.07) is 25.1. The Labute approximate surface area is 212 Å². The molecule has 37 heavy (non-hydrogen) atoms. The molecule has 2 N–H and O–H groups in total. The average molecular weight is 492 g/mol. The van der Waals surface area contributed by atoms with Gasteiger partial charge in [0.15, 0.2) is 11.5 Å². The third-order valence-corrected chi connectivity index (χ3v) is 5.48. The van der Waals surface area contributed by atoms with Crippen LogP contribution in [-0.4, -0.2) is 30.1 Å². The largest absolute Gasteiger partial charge is 0.493 e. The number of fused-ring (bicyclic) bond motifs is 1. The van der Waals surface area contributed by atoms with Gasteiger partial charge in [-0.2, -0.15) is 5.26 Å². The lowest BCUT2D eigenvalue weighted by atomic mass is 10.0. The zero-order valence-corrected chi connectivity index (χ0v) is 19.6. The van der Waals surface area contributed by atoms with E-state index in [1.165, 1.54) is 43.5 Å². The second kappa shape index (κ2) is 10.9. The van der Waals surface area contributed by atoms with Crippen molar-refractivity contribution >= 4 is 40.4 Å². The van der Waals surface area contributed by atoms with Gasteiger partial charge in [0.1, 0.15) is 11.6 Å². The highest BCUT2D eigenvalue weighted by molar-refractivity contribution is 6.12. The number of nitrogens with one attached hydrogen (secondary N) is 1. The molecule has 8 nitrogen and oxygen atoms in total. The summed E-state index contributed by atoms with van der Waals surface area (Å²) in [6.45, 7) is 0. The SMILES string of the molecule is COc1cc(/C=C(\C#N)C(=O)Nc2ccccc2C(=O)O)ccc1OC(=O)c1cccc2ccccc12. The Morgan fingerprint density at radius 3 is 2.35 bits per heavy atom. The number of ether oxygens (including phenoxy) is 2. The Hall–Kier alpha value is -5.42. The number of carbonyl (C=O) groups is 3. The number of anilines is 1. The van der Waals surface area contributed by atoms with Gasteiger partial charge in [0.25, 0.3) is 5.91 Å². The monoisotopic (exact) mass is 492 g/mol. The first-order valence-corrected chi connectivity index (χ1v) is 11.0. The first-order valence-electron chi connectivity index (χ1n) is 11.0. The van der Waals surface area contributed by atoms with Gasteiger partial charge < -0.3 is 19.9 Å². The molecule has 0 fully saturated rings. The molecule has 0 aliphatic carbocycles. The molecule has 0 spiro atoms. The molecule has 4 aromatic carbocycles. The average Bonchev–Trinajstić information content (AvgIpc) is 2.92. The Balaban J connectivity index is 1.57. The van der Waals surface area contributed by atoms with E-state index in [2.05, 4.69) is 5.32 Å². The van der Waals surface area contributed by atoms with Gasteiger partial charge in [-0.15, -0.1) is 0 Å². The summed E-state index contributed by atoms with van der Waals surface area (Å²) in [5.74, 6) is -2.17. The van der Waals surface area contributed by atoms with E-state index in [9.17, 15) is 24.8 Å². The molecule has 0 saturated heterocycles. The smallest absolute Gasteiger partial charge is 0.344 e. The molecule has 0 unspecified atom stereocenters. The molecule has 182 valence electrons. The van der Waals surface area contributed by atoms with Gasteiger partial charge in [-0.3, -0.25) is 4.79 Å². The fraction of sp³-hybridized carbons (Fsp3) is 0.0345. The van der Waals surface area contributed by atoms with Crippen molar-refractivity contribution in [2.75, 3.05) is 12.4 Å². The Morgan fingerprint density at radius 1 is 0.892 bits per heavy atom. The molecule has 0 radical (unpaired) electrons. The Bertz CT molecular complexity index is 1590. The quantitative estimate of drug-likeness (QED) is 0.155. The minimum Gasteiger partial charge on any atom is -0.493 e. The number of esters is 1. The summed E-state index contributed by atoms with van der Waals surface area (Å²) in [4.78, 5) is 37.0. The van der Waals surface area contributed by atoms with Crippen LogP contribution in [0.3, 0.4) is 0 Å². The molecule has 0 bridgehead atoms. The highest BCUT2D eigenvalue weighted by Gasteiger charge is 2.17. The second-order valence-electron chi connectivity index (χ2n) is 7.80. The highest BCUT2D eigenvalue weighted by atomic mass is 16.6. The number of benzene rings is 4. The number of nitrogens with zero attached hydrogens (tertiary/aromatic N) is 1. The van der Waals surface area contributed by atoms with Gasteiger partial charge in [-0.25, -0.2) is 9.59 Å². The molecule has 0 saturated carbocycles. The summed E-state index contributed by atoms with van der Waals surface area (Å²) in [7, 11) is 1.40. The number of carboxylic acids is 1. The third-order valence-electron chi connectivity index (χ3n) is 5.48. The number of methoxy groups -OCH3 is 1. The van der Waals surface area contributed by atoms with Crippen LogP contribution >= 0.6 is 0 Å². The number of nitriles is 1. The number of hydrogen-bond donors (Lipinski definition) is 2. The molecular formula is C29H20N2O6. The van der Waals surface area contributed by atoms with Crippen molar-refractivity contribution in [3.63, 3.8) is 0 Å². The van der Waals surface area contributed by atoms with Crippen LogP contribution in [0.25, 0.3) is 16.8 Å². The standard InChI is InChI=1S/C29H20N2O6/c1-36-26-16-18(15-20(17-30)27(32)31-24-12-5-4-10-23(24)28(33)34)13-14-25(26)37-29(35)22-11-6-8-19-7-2-3-9-21(19)22/h2-16H,1H3,(H,31,32)(H,33,34)/b20-15+. The number of carbonyl (C=O) groups excluding carboxylic acids is 2. The summed E-state index contributed by atoms with van der Waals surface area (Å²) in [5, 5.41) is 22.9. The van der Waals surface area contributed by atoms with Crippen LogP contribution in [0.2, 0.25) is 0 Å². The van der Waals surface area contributed by atoms with Crippen LogP contribution in [0.1, 0.15) is 26.3 Å². The number of rotatable bonds is 7. The normalized spacial score (nSPS) is 10.9. The second-order valence-corrected chi connectivity index (χ2v) is 7.80. The number of amides is 1. The Kier molecular flexibility index (Phi) is 7.27. The van der Waals surface area contributed by atoms with E-state index in [0.29, 0.717) is 11.1 Å². The van der Waals surface area contributed by atoms with Gasteiger partial charge in [0.2, 0.25) is 0 Å². The first-order chi connectivity index (χ1) is 17.9. The summed E-state index contributed by atoms with van der Waals surface area (Å²) in [5.41, 5.74) is 0.526. The number of carboxylic acid groups (broad SMARTS) is 1. The van der Waals surface area contributed by atoms with Gasteiger partial charge in [-0.05, 0) is 52.7 Å².